The molecule has 0 spiro atoms. The van der Waals surface area contributed by atoms with Crippen molar-refractivity contribution in [2.24, 2.45) is 0 Å². The van der Waals surface area contributed by atoms with E-state index in [1.807, 2.05) is 6.92 Å². The lowest BCUT2D eigenvalue weighted by atomic mass is 10.0. The number of carbonyl (C=O) groups is 2. The van der Waals surface area contributed by atoms with Crippen LogP contribution in [-0.4, -0.2) is 38.2 Å². The monoisotopic (exact) mass is 369 g/mol. The molecule has 7 heteroatoms. The Morgan fingerprint density at radius 1 is 1.22 bits per heavy atom. The van der Waals surface area contributed by atoms with E-state index in [9.17, 15) is 19.5 Å². The van der Waals surface area contributed by atoms with Crippen LogP contribution in [0.1, 0.15) is 49.5 Å². The first kappa shape index (κ1) is 18.8. The number of benzene rings is 1. The molecule has 0 fully saturated rings. The number of hydrogen-bond donors (Lipinski definition) is 1. The summed E-state index contributed by atoms with van der Waals surface area (Å²) in [6.45, 7) is 2.28. The number of allylic oxidation sites excluding steroid dienone is 2. The topological polar surface area (TPSA) is 92.5 Å². The number of carboxylic acid groups (broad SMARTS) is 1. The first-order valence-electron chi connectivity index (χ1n) is 9.25. The van der Waals surface area contributed by atoms with Crippen molar-refractivity contribution in [1.29, 1.82) is 0 Å². The average molecular weight is 369 g/mol. The Labute approximate surface area is 156 Å². The zero-order chi connectivity index (χ0) is 19.4. The van der Waals surface area contributed by atoms with E-state index in [0.29, 0.717) is 6.54 Å². The summed E-state index contributed by atoms with van der Waals surface area (Å²) in [5, 5.41) is 13.9. The Balaban J connectivity index is 1.98. The van der Waals surface area contributed by atoms with Crippen LogP contribution in [-0.2, 0) is 11.3 Å². The van der Waals surface area contributed by atoms with Crippen LogP contribution >= 0.6 is 0 Å². The van der Waals surface area contributed by atoms with Crippen molar-refractivity contribution < 1.29 is 14.7 Å². The Kier molecular flexibility index (Phi) is 5.69. The number of aromatic nitrogens is 2. The first-order chi connectivity index (χ1) is 13.0. The van der Waals surface area contributed by atoms with Gasteiger partial charge in [0.2, 0.25) is 5.91 Å². The molecule has 1 heterocycles. The maximum absolute atomic E-state index is 12.9. The lowest BCUT2D eigenvalue weighted by Crippen LogP contribution is -2.38. The minimum absolute atomic E-state index is 0.225. The fourth-order valence-corrected chi connectivity index (χ4v) is 3.43. The van der Waals surface area contributed by atoms with Crippen LogP contribution in [0, 0.1) is 0 Å². The number of aromatic carboxylic acids is 1. The molecule has 0 atom stereocenters. The van der Waals surface area contributed by atoms with Crippen LogP contribution in [0.4, 0.5) is 0 Å². The van der Waals surface area contributed by atoms with Crippen molar-refractivity contribution in [2.45, 2.75) is 45.6 Å². The summed E-state index contributed by atoms with van der Waals surface area (Å²) in [6.07, 6.45) is 6.81. The standard InChI is InChI=1S/C20H23N3O4/c1-2-12-22(14-8-4-3-5-9-14)17(24)13-23-19(25)16-11-7-6-10-15(16)18(21-23)20(26)27/h6-8,10-11H,2-5,9,12-13H2,1H3,(H,26,27). The van der Waals surface area contributed by atoms with E-state index in [2.05, 4.69) is 11.2 Å². The van der Waals surface area contributed by atoms with E-state index in [-0.39, 0.29) is 28.9 Å². The predicted octanol–water partition coefficient (Wildman–Crippen LogP) is 2.79. The molecule has 142 valence electrons. The molecule has 0 saturated carbocycles. The van der Waals surface area contributed by atoms with E-state index in [4.69, 9.17) is 0 Å². The largest absolute Gasteiger partial charge is 0.476 e. The third-order valence-corrected chi connectivity index (χ3v) is 4.72. The molecule has 0 radical (unpaired) electrons. The Hall–Kier alpha value is -2.96. The van der Waals surface area contributed by atoms with Crippen LogP contribution < -0.4 is 5.56 Å². The van der Waals surface area contributed by atoms with Crippen LogP contribution in [0.3, 0.4) is 0 Å². The van der Waals surface area contributed by atoms with Gasteiger partial charge in [0, 0.05) is 17.6 Å². The number of carbonyl (C=O) groups excluding carboxylic acids is 1. The van der Waals surface area contributed by atoms with Gasteiger partial charge in [0.15, 0.2) is 5.69 Å². The number of rotatable bonds is 6. The molecule has 0 aliphatic heterocycles. The molecule has 1 aromatic heterocycles. The highest BCUT2D eigenvalue weighted by molar-refractivity contribution is 6.01. The Morgan fingerprint density at radius 3 is 2.59 bits per heavy atom. The minimum atomic E-state index is -1.23. The van der Waals surface area contributed by atoms with Gasteiger partial charge in [-0.1, -0.05) is 31.2 Å². The molecule has 1 aliphatic rings. The molecule has 3 rings (SSSR count). The van der Waals surface area contributed by atoms with E-state index >= 15 is 0 Å². The van der Waals surface area contributed by atoms with Crippen molar-refractivity contribution in [3.8, 4) is 0 Å². The van der Waals surface area contributed by atoms with Crippen molar-refractivity contribution in [3.63, 3.8) is 0 Å². The van der Waals surface area contributed by atoms with Gasteiger partial charge >= 0.3 is 5.97 Å². The summed E-state index contributed by atoms with van der Waals surface area (Å²) in [5.41, 5.74) is 0.301. The zero-order valence-corrected chi connectivity index (χ0v) is 15.4. The van der Waals surface area contributed by atoms with Crippen LogP contribution in [0.15, 0.2) is 40.8 Å². The Morgan fingerprint density at radius 2 is 1.96 bits per heavy atom. The van der Waals surface area contributed by atoms with Crippen LogP contribution in [0.25, 0.3) is 10.8 Å². The van der Waals surface area contributed by atoms with Crippen molar-refractivity contribution in [1.82, 2.24) is 14.7 Å². The molecule has 1 aromatic carbocycles. The van der Waals surface area contributed by atoms with Crippen molar-refractivity contribution in [3.05, 3.63) is 52.1 Å². The predicted molar refractivity (Wildman–Crippen MR) is 102 cm³/mol. The van der Waals surface area contributed by atoms with E-state index in [1.54, 1.807) is 29.2 Å². The van der Waals surface area contributed by atoms with E-state index in [1.165, 1.54) is 0 Å². The van der Waals surface area contributed by atoms with Gasteiger partial charge in [-0.15, -0.1) is 0 Å². The fraction of sp³-hybridized carbons (Fsp3) is 0.400. The zero-order valence-electron chi connectivity index (χ0n) is 15.4. The maximum Gasteiger partial charge on any atom is 0.357 e. The summed E-state index contributed by atoms with van der Waals surface area (Å²) in [7, 11) is 0. The average Bonchev–Trinajstić information content (AvgIpc) is 2.68. The highest BCUT2D eigenvalue weighted by Crippen LogP contribution is 2.21. The number of hydrogen-bond acceptors (Lipinski definition) is 4. The van der Waals surface area contributed by atoms with Crippen molar-refractivity contribution >= 4 is 22.6 Å². The summed E-state index contributed by atoms with van der Waals surface area (Å²) in [5.74, 6) is -1.47. The summed E-state index contributed by atoms with van der Waals surface area (Å²) < 4.78 is 0.972. The Bertz CT molecular complexity index is 961. The lowest BCUT2D eigenvalue weighted by Gasteiger charge is -2.27. The maximum atomic E-state index is 12.9. The lowest BCUT2D eigenvalue weighted by molar-refractivity contribution is -0.130. The van der Waals surface area contributed by atoms with Gasteiger partial charge in [0.05, 0.1) is 5.39 Å². The second kappa shape index (κ2) is 8.16. The fourth-order valence-electron chi connectivity index (χ4n) is 3.43. The second-order valence-electron chi connectivity index (χ2n) is 6.65. The molecule has 0 saturated heterocycles. The number of fused-ring (bicyclic) bond motifs is 1. The number of amides is 1. The van der Waals surface area contributed by atoms with Crippen molar-refractivity contribution in [2.75, 3.05) is 6.54 Å². The molecular weight excluding hydrogens is 346 g/mol. The van der Waals surface area contributed by atoms with Gasteiger partial charge in [-0.3, -0.25) is 9.59 Å². The highest BCUT2D eigenvalue weighted by atomic mass is 16.4. The molecule has 1 N–H and O–H groups in total. The molecular formula is C20H23N3O4. The molecule has 1 amide bonds. The normalized spacial score (nSPS) is 14.0. The molecule has 2 aromatic rings. The molecule has 0 unspecified atom stereocenters. The highest BCUT2D eigenvalue weighted by Gasteiger charge is 2.22. The third-order valence-electron chi connectivity index (χ3n) is 4.72. The van der Waals surface area contributed by atoms with Gasteiger partial charge in [0.1, 0.15) is 6.54 Å². The quantitative estimate of drug-likeness (QED) is 0.845. The minimum Gasteiger partial charge on any atom is -0.476 e. The first-order valence-corrected chi connectivity index (χ1v) is 9.25. The molecule has 1 aliphatic carbocycles. The smallest absolute Gasteiger partial charge is 0.357 e. The van der Waals surface area contributed by atoms with Gasteiger partial charge < -0.3 is 10.0 Å². The number of nitrogens with zero attached hydrogens (tertiary/aromatic N) is 3. The second-order valence-corrected chi connectivity index (χ2v) is 6.65. The van der Waals surface area contributed by atoms with Crippen LogP contribution in [0.5, 0.6) is 0 Å². The molecule has 0 bridgehead atoms. The molecule has 27 heavy (non-hydrogen) atoms. The van der Waals surface area contributed by atoms with E-state index in [0.717, 1.165) is 42.5 Å². The summed E-state index contributed by atoms with van der Waals surface area (Å²) >= 11 is 0. The van der Waals surface area contributed by atoms with E-state index < -0.39 is 11.5 Å². The molecule has 7 nitrogen and oxygen atoms in total. The summed E-state index contributed by atoms with van der Waals surface area (Å²) in [6, 6.07) is 6.43. The summed E-state index contributed by atoms with van der Waals surface area (Å²) in [4.78, 5) is 38.9. The number of carboxylic acids is 1. The third kappa shape index (κ3) is 3.92. The van der Waals surface area contributed by atoms with Crippen LogP contribution in [0.2, 0.25) is 0 Å². The SMILES string of the molecule is CCCN(C(=O)Cn1nc(C(=O)O)c2ccccc2c1=O)C1=CCCCC1. The van der Waals surface area contributed by atoms with Gasteiger partial charge in [-0.05, 0) is 38.2 Å². The van der Waals surface area contributed by atoms with Gasteiger partial charge in [-0.25, -0.2) is 9.48 Å². The van der Waals surface area contributed by atoms with Gasteiger partial charge in [0.25, 0.3) is 5.56 Å². The van der Waals surface area contributed by atoms with Gasteiger partial charge in [-0.2, -0.15) is 5.10 Å².